The van der Waals surface area contributed by atoms with Crippen molar-refractivity contribution in [2.45, 2.75) is 36.3 Å². The molecule has 2 aliphatic heterocycles. The summed E-state index contributed by atoms with van der Waals surface area (Å²) in [6.45, 7) is 0.961. The first-order valence-electron chi connectivity index (χ1n) is 9.46. The molecule has 152 valence electrons. The molecule has 0 aliphatic carbocycles. The fourth-order valence-electron chi connectivity index (χ4n) is 3.65. The van der Waals surface area contributed by atoms with E-state index in [0.717, 1.165) is 5.56 Å². The van der Waals surface area contributed by atoms with Gasteiger partial charge in [0.15, 0.2) is 5.60 Å². The molecular weight excluding hydrogens is 392 g/mol. The van der Waals surface area contributed by atoms with Crippen LogP contribution in [0.15, 0.2) is 64.9 Å². The minimum Gasteiger partial charge on any atom is -0.387 e. The van der Waals surface area contributed by atoms with Crippen LogP contribution >= 0.6 is 0 Å². The van der Waals surface area contributed by atoms with Gasteiger partial charge < -0.3 is 10.2 Å². The van der Waals surface area contributed by atoms with Crippen molar-refractivity contribution < 1.29 is 18.0 Å². The summed E-state index contributed by atoms with van der Waals surface area (Å²) >= 11 is 0. The van der Waals surface area contributed by atoms with Gasteiger partial charge in [0.1, 0.15) is 5.71 Å². The quantitative estimate of drug-likeness (QED) is 0.803. The zero-order chi connectivity index (χ0) is 20.3. The van der Waals surface area contributed by atoms with Gasteiger partial charge in [0.2, 0.25) is 10.0 Å². The number of carbonyl (C=O) groups excluding carboxylic acids is 1. The average Bonchev–Trinajstić information content (AvgIpc) is 3.16. The van der Waals surface area contributed by atoms with Crippen LogP contribution in [0.5, 0.6) is 0 Å². The lowest BCUT2D eigenvalue weighted by molar-refractivity contribution is -0.115. The largest absolute Gasteiger partial charge is 0.387 e. The second kappa shape index (κ2) is 7.92. The highest BCUT2D eigenvalue weighted by molar-refractivity contribution is 7.89. The first-order valence-corrected chi connectivity index (χ1v) is 10.9. The molecule has 8 nitrogen and oxygen atoms in total. The summed E-state index contributed by atoms with van der Waals surface area (Å²) in [6, 6.07) is 12.0. The summed E-state index contributed by atoms with van der Waals surface area (Å²) in [6.07, 6.45) is 4.91. The van der Waals surface area contributed by atoms with Crippen LogP contribution < -0.4 is 5.32 Å². The van der Waals surface area contributed by atoms with E-state index in [4.69, 9.17) is 4.84 Å². The van der Waals surface area contributed by atoms with E-state index in [0.29, 0.717) is 25.9 Å². The molecule has 0 bridgehead atoms. The summed E-state index contributed by atoms with van der Waals surface area (Å²) in [7, 11) is -3.61. The number of piperidine rings is 1. The summed E-state index contributed by atoms with van der Waals surface area (Å²) < 4.78 is 27.3. The number of aromatic nitrogens is 1. The normalized spacial score (nSPS) is 22.1. The van der Waals surface area contributed by atoms with Gasteiger partial charge in [-0.25, -0.2) is 8.42 Å². The molecule has 2 aromatic rings. The summed E-state index contributed by atoms with van der Waals surface area (Å²) in [5.41, 5.74) is 0.432. The van der Waals surface area contributed by atoms with Gasteiger partial charge in [0.05, 0.1) is 11.4 Å². The van der Waals surface area contributed by atoms with Gasteiger partial charge in [-0.3, -0.25) is 9.78 Å². The number of nitrogens with zero attached hydrogens (tertiary/aromatic N) is 3. The zero-order valence-corrected chi connectivity index (χ0v) is 16.6. The Balaban J connectivity index is 1.40. The molecule has 2 aliphatic rings. The van der Waals surface area contributed by atoms with E-state index in [1.807, 2.05) is 12.1 Å². The van der Waals surface area contributed by atoms with E-state index in [1.54, 1.807) is 42.7 Å². The van der Waals surface area contributed by atoms with E-state index in [9.17, 15) is 13.2 Å². The van der Waals surface area contributed by atoms with Crippen LogP contribution in [0.2, 0.25) is 0 Å². The number of nitrogens with one attached hydrogen (secondary N) is 1. The third-order valence-electron chi connectivity index (χ3n) is 5.19. The van der Waals surface area contributed by atoms with E-state index >= 15 is 0 Å². The minimum absolute atomic E-state index is 0.175. The Morgan fingerprint density at radius 2 is 1.93 bits per heavy atom. The molecule has 0 saturated carbocycles. The smallest absolute Gasteiger partial charge is 0.269 e. The molecule has 1 aromatic heterocycles. The van der Waals surface area contributed by atoms with Crippen LogP contribution in [0, 0.1) is 0 Å². The van der Waals surface area contributed by atoms with Gasteiger partial charge in [-0.15, -0.1) is 0 Å². The molecular formula is C20H22N4O4S. The molecule has 0 unspecified atom stereocenters. The maximum atomic E-state index is 13.0. The number of amides is 1. The van der Waals surface area contributed by atoms with Crippen molar-refractivity contribution in [2.75, 3.05) is 13.1 Å². The van der Waals surface area contributed by atoms with Crippen molar-refractivity contribution in [1.82, 2.24) is 14.6 Å². The van der Waals surface area contributed by atoms with E-state index in [-0.39, 0.29) is 29.5 Å². The lowest BCUT2D eigenvalue weighted by Crippen LogP contribution is -2.50. The van der Waals surface area contributed by atoms with Gasteiger partial charge in [-0.05, 0) is 42.7 Å². The number of oxime groups is 1. The van der Waals surface area contributed by atoms with E-state index in [2.05, 4.69) is 15.5 Å². The number of carbonyl (C=O) groups is 1. The lowest BCUT2D eigenvalue weighted by atomic mass is 9.89. The fraction of sp³-hybridized carbons (Fsp3) is 0.350. The van der Waals surface area contributed by atoms with E-state index < -0.39 is 15.6 Å². The van der Waals surface area contributed by atoms with Crippen molar-refractivity contribution >= 4 is 21.6 Å². The van der Waals surface area contributed by atoms with Crippen molar-refractivity contribution in [1.29, 1.82) is 0 Å². The monoisotopic (exact) mass is 414 g/mol. The van der Waals surface area contributed by atoms with Crippen LogP contribution in [-0.2, 0) is 26.2 Å². The molecule has 9 heteroatoms. The number of pyridine rings is 1. The molecule has 29 heavy (non-hydrogen) atoms. The Morgan fingerprint density at radius 1 is 1.17 bits per heavy atom. The third-order valence-corrected chi connectivity index (χ3v) is 7.05. The second-order valence-electron chi connectivity index (χ2n) is 7.28. The summed E-state index contributed by atoms with van der Waals surface area (Å²) in [5.74, 6) is -0.304. The Labute approximate surface area is 169 Å². The molecule has 1 amide bonds. The Morgan fingerprint density at radius 3 is 2.69 bits per heavy atom. The molecule has 1 N–H and O–H groups in total. The SMILES string of the molecule is O=C(NCc1ccncc1)C1=NO[C@]2(CCCN(S(=O)(=O)c3ccccc3)C2)C1. The third kappa shape index (κ3) is 4.15. The molecule has 4 rings (SSSR count). The summed E-state index contributed by atoms with van der Waals surface area (Å²) in [4.78, 5) is 22.3. The highest BCUT2D eigenvalue weighted by Crippen LogP contribution is 2.35. The van der Waals surface area contributed by atoms with Crippen molar-refractivity contribution in [3.05, 3.63) is 60.4 Å². The molecule has 1 atom stereocenters. The maximum absolute atomic E-state index is 13.0. The van der Waals surface area contributed by atoms with Crippen LogP contribution in [0.1, 0.15) is 24.8 Å². The molecule has 1 aromatic carbocycles. The van der Waals surface area contributed by atoms with Gasteiger partial charge >= 0.3 is 0 Å². The highest BCUT2D eigenvalue weighted by Gasteiger charge is 2.47. The van der Waals surface area contributed by atoms with Gasteiger partial charge in [-0.1, -0.05) is 23.4 Å². The van der Waals surface area contributed by atoms with Crippen LogP contribution in [0.3, 0.4) is 0 Å². The molecule has 0 radical (unpaired) electrons. The number of hydrogen-bond donors (Lipinski definition) is 1. The standard InChI is InChI=1S/C20H22N4O4S/c25-19(22-14-16-7-10-21-11-8-16)18-13-20(28-23-18)9-4-12-24(15-20)29(26,27)17-5-2-1-3-6-17/h1-3,5-8,10-11H,4,9,12-15H2,(H,22,25)/t20-/m1/s1. The van der Waals surface area contributed by atoms with Crippen molar-refractivity contribution in [3.8, 4) is 0 Å². The van der Waals surface area contributed by atoms with Crippen LogP contribution in [0.25, 0.3) is 0 Å². The number of benzene rings is 1. The van der Waals surface area contributed by atoms with Crippen LogP contribution in [-0.4, -0.2) is 48.0 Å². The highest BCUT2D eigenvalue weighted by atomic mass is 32.2. The fourth-order valence-corrected chi connectivity index (χ4v) is 5.22. The number of sulfonamides is 1. The van der Waals surface area contributed by atoms with Crippen LogP contribution in [0.4, 0.5) is 0 Å². The molecule has 1 spiro atoms. The topological polar surface area (TPSA) is 101 Å². The second-order valence-corrected chi connectivity index (χ2v) is 9.22. The van der Waals surface area contributed by atoms with E-state index in [1.165, 1.54) is 4.31 Å². The Bertz CT molecular complexity index is 1010. The van der Waals surface area contributed by atoms with Crippen molar-refractivity contribution in [2.24, 2.45) is 5.16 Å². The number of hydrogen-bond acceptors (Lipinski definition) is 6. The zero-order valence-electron chi connectivity index (χ0n) is 15.8. The molecule has 1 fully saturated rings. The van der Waals surface area contributed by atoms with Crippen molar-refractivity contribution in [3.63, 3.8) is 0 Å². The lowest BCUT2D eigenvalue weighted by Gasteiger charge is -2.37. The minimum atomic E-state index is -3.61. The van der Waals surface area contributed by atoms with Gasteiger partial charge in [0, 0.05) is 31.9 Å². The van der Waals surface area contributed by atoms with Gasteiger partial charge in [-0.2, -0.15) is 4.31 Å². The Hall–Kier alpha value is -2.78. The maximum Gasteiger partial charge on any atom is 0.269 e. The predicted molar refractivity (Wildman–Crippen MR) is 106 cm³/mol. The predicted octanol–water partition coefficient (Wildman–Crippen LogP) is 1.70. The summed E-state index contributed by atoms with van der Waals surface area (Å²) in [5, 5.41) is 6.81. The van der Waals surface area contributed by atoms with Gasteiger partial charge in [0.25, 0.3) is 5.91 Å². The average molecular weight is 414 g/mol. The molecule has 1 saturated heterocycles. The first kappa shape index (κ1) is 19.5. The number of rotatable bonds is 5. The first-order chi connectivity index (χ1) is 14.0. The Kier molecular flexibility index (Phi) is 5.33. The molecule has 3 heterocycles.